The number of piperidine rings is 1. The molecule has 2 N–H and O–H groups in total. The molecular weight excluding hydrogens is 329 g/mol. The number of aryl methyl sites for hydroxylation is 1. The van der Waals surface area contributed by atoms with Crippen LogP contribution in [0.25, 0.3) is 5.69 Å². The number of halogens is 2. The first-order chi connectivity index (χ1) is 11.1. The Kier molecular flexibility index (Phi) is 6.02. The van der Waals surface area contributed by atoms with Crippen LogP contribution in [0.1, 0.15) is 34.6 Å². The van der Waals surface area contributed by atoms with E-state index in [9.17, 15) is 9.18 Å². The van der Waals surface area contributed by atoms with E-state index in [-0.39, 0.29) is 30.2 Å². The summed E-state index contributed by atoms with van der Waals surface area (Å²) in [5.74, 6) is -0.306. The summed E-state index contributed by atoms with van der Waals surface area (Å²) in [4.78, 5) is 12.6. The summed E-state index contributed by atoms with van der Waals surface area (Å²) in [6.07, 6.45) is 2.09. The van der Waals surface area contributed by atoms with Gasteiger partial charge in [-0.15, -0.1) is 12.4 Å². The summed E-state index contributed by atoms with van der Waals surface area (Å²) in [5.41, 5.74) is 3.37. The number of hydrogen-bond acceptors (Lipinski definition) is 2. The number of amides is 1. The fourth-order valence-corrected chi connectivity index (χ4v) is 3.22. The zero-order valence-corrected chi connectivity index (χ0v) is 14.8. The van der Waals surface area contributed by atoms with Gasteiger partial charge < -0.3 is 15.2 Å². The molecule has 1 aliphatic rings. The largest absolute Gasteiger partial charge is 0.348 e. The van der Waals surface area contributed by atoms with Crippen molar-refractivity contribution in [2.45, 2.75) is 32.7 Å². The Morgan fingerprint density at radius 1 is 1.29 bits per heavy atom. The van der Waals surface area contributed by atoms with Crippen LogP contribution >= 0.6 is 12.4 Å². The SMILES string of the molecule is Cc1cc(C(=O)N[C@H]2CCCNC2)c(C)n1-c1ccc(F)cc1.Cl. The van der Waals surface area contributed by atoms with Crippen molar-refractivity contribution in [2.24, 2.45) is 0 Å². The molecule has 0 aliphatic carbocycles. The van der Waals surface area contributed by atoms with Crippen molar-refractivity contribution in [1.82, 2.24) is 15.2 Å². The zero-order valence-electron chi connectivity index (χ0n) is 13.9. The normalized spacial score (nSPS) is 17.2. The fourth-order valence-electron chi connectivity index (χ4n) is 3.22. The molecule has 1 aromatic heterocycles. The molecular formula is C18H23ClFN3O. The second kappa shape index (κ2) is 7.81. The maximum atomic E-state index is 13.1. The van der Waals surface area contributed by atoms with E-state index in [2.05, 4.69) is 10.6 Å². The van der Waals surface area contributed by atoms with Crippen molar-refractivity contribution in [2.75, 3.05) is 13.1 Å². The number of nitrogens with zero attached hydrogens (tertiary/aromatic N) is 1. The molecule has 0 saturated carbocycles. The van der Waals surface area contributed by atoms with Gasteiger partial charge in [0.25, 0.3) is 5.91 Å². The van der Waals surface area contributed by atoms with E-state index >= 15 is 0 Å². The molecule has 0 unspecified atom stereocenters. The Balaban J connectivity index is 0.00000208. The monoisotopic (exact) mass is 351 g/mol. The zero-order chi connectivity index (χ0) is 16.4. The topological polar surface area (TPSA) is 46.1 Å². The molecule has 6 heteroatoms. The summed E-state index contributed by atoms with van der Waals surface area (Å²) in [6, 6.07) is 8.39. The van der Waals surface area contributed by atoms with E-state index in [4.69, 9.17) is 0 Å². The lowest BCUT2D eigenvalue weighted by Crippen LogP contribution is -2.45. The maximum absolute atomic E-state index is 13.1. The molecule has 0 spiro atoms. The van der Waals surface area contributed by atoms with Crippen LogP contribution in [0.15, 0.2) is 30.3 Å². The Morgan fingerprint density at radius 2 is 2.00 bits per heavy atom. The van der Waals surface area contributed by atoms with Gasteiger partial charge in [-0.3, -0.25) is 4.79 Å². The lowest BCUT2D eigenvalue weighted by molar-refractivity contribution is 0.0930. The summed E-state index contributed by atoms with van der Waals surface area (Å²) >= 11 is 0. The highest BCUT2D eigenvalue weighted by molar-refractivity contribution is 5.96. The molecule has 1 amide bonds. The van der Waals surface area contributed by atoms with Gasteiger partial charge in [0.05, 0.1) is 5.56 Å². The minimum atomic E-state index is -0.265. The van der Waals surface area contributed by atoms with Gasteiger partial charge in [0.2, 0.25) is 0 Å². The molecule has 0 radical (unpaired) electrons. The van der Waals surface area contributed by atoms with E-state index in [0.29, 0.717) is 5.56 Å². The number of carbonyl (C=O) groups excluding carboxylic acids is 1. The van der Waals surface area contributed by atoms with Gasteiger partial charge >= 0.3 is 0 Å². The highest BCUT2D eigenvalue weighted by atomic mass is 35.5. The Hall–Kier alpha value is -1.85. The molecule has 130 valence electrons. The van der Waals surface area contributed by atoms with Gasteiger partial charge in [-0.25, -0.2) is 4.39 Å². The average molecular weight is 352 g/mol. The van der Waals surface area contributed by atoms with Gasteiger partial charge in [-0.05, 0) is 63.6 Å². The predicted octanol–water partition coefficient (Wildman–Crippen LogP) is 3.14. The third-order valence-electron chi connectivity index (χ3n) is 4.39. The van der Waals surface area contributed by atoms with Gasteiger partial charge in [0.1, 0.15) is 5.82 Å². The van der Waals surface area contributed by atoms with E-state index in [1.54, 1.807) is 12.1 Å². The predicted molar refractivity (Wildman–Crippen MR) is 95.8 cm³/mol. The minimum Gasteiger partial charge on any atom is -0.348 e. The Bertz CT molecular complexity index is 706. The van der Waals surface area contributed by atoms with E-state index < -0.39 is 0 Å². The third-order valence-corrected chi connectivity index (χ3v) is 4.39. The number of hydrogen-bond donors (Lipinski definition) is 2. The second-order valence-electron chi connectivity index (χ2n) is 6.11. The van der Waals surface area contributed by atoms with Gasteiger partial charge in [-0.1, -0.05) is 0 Å². The Labute approximate surface area is 147 Å². The van der Waals surface area contributed by atoms with E-state index in [1.807, 2.05) is 24.5 Å². The van der Waals surface area contributed by atoms with Crippen molar-refractivity contribution in [3.63, 3.8) is 0 Å². The van der Waals surface area contributed by atoms with Crippen LogP contribution in [0.5, 0.6) is 0 Å². The first kappa shape index (κ1) is 18.5. The average Bonchev–Trinajstić information content (AvgIpc) is 2.84. The molecule has 0 bridgehead atoms. The second-order valence-corrected chi connectivity index (χ2v) is 6.11. The highest BCUT2D eigenvalue weighted by Gasteiger charge is 2.20. The summed E-state index contributed by atoms with van der Waals surface area (Å²) in [5, 5.41) is 6.40. The Morgan fingerprint density at radius 3 is 2.62 bits per heavy atom. The summed E-state index contributed by atoms with van der Waals surface area (Å²) in [7, 11) is 0. The van der Waals surface area contributed by atoms with Gasteiger partial charge in [0, 0.05) is 29.7 Å². The summed E-state index contributed by atoms with van der Waals surface area (Å²) in [6.45, 7) is 5.72. The summed E-state index contributed by atoms with van der Waals surface area (Å²) < 4.78 is 15.1. The van der Waals surface area contributed by atoms with Crippen LogP contribution in [0, 0.1) is 19.7 Å². The molecule has 2 aromatic rings. The van der Waals surface area contributed by atoms with Gasteiger partial charge in [-0.2, -0.15) is 0 Å². The number of aromatic nitrogens is 1. The van der Waals surface area contributed by atoms with Crippen LogP contribution in [-0.4, -0.2) is 29.6 Å². The molecule has 4 nitrogen and oxygen atoms in total. The fraction of sp³-hybridized carbons (Fsp3) is 0.389. The van der Waals surface area contributed by atoms with Crippen LogP contribution in [0.2, 0.25) is 0 Å². The molecule has 1 saturated heterocycles. The quantitative estimate of drug-likeness (QED) is 0.892. The molecule has 3 rings (SSSR count). The molecule has 24 heavy (non-hydrogen) atoms. The van der Waals surface area contributed by atoms with Gasteiger partial charge in [0.15, 0.2) is 0 Å². The van der Waals surface area contributed by atoms with Crippen molar-refractivity contribution < 1.29 is 9.18 Å². The highest BCUT2D eigenvalue weighted by Crippen LogP contribution is 2.21. The van der Waals surface area contributed by atoms with Crippen LogP contribution in [0.3, 0.4) is 0 Å². The molecule has 2 heterocycles. The molecule has 1 atom stereocenters. The number of benzene rings is 1. The van der Waals surface area contributed by atoms with Crippen molar-refractivity contribution >= 4 is 18.3 Å². The molecule has 1 aliphatic heterocycles. The lowest BCUT2D eigenvalue weighted by atomic mass is 10.1. The van der Waals surface area contributed by atoms with E-state index in [0.717, 1.165) is 43.0 Å². The standard InChI is InChI=1S/C18H22FN3O.ClH/c1-12-10-17(18(23)21-15-4-3-9-20-11-15)13(2)22(12)16-7-5-14(19)6-8-16;/h5-8,10,15,20H,3-4,9,11H2,1-2H3,(H,21,23);1H/t15-;/m0./s1. The number of rotatable bonds is 3. The number of nitrogens with one attached hydrogen (secondary N) is 2. The molecule has 1 aromatic carbocycles. The van der Waals surface area contributed by atoms with Crippen molar-refractivity contribution in [3.8, 4) is 5.69 Å². The van der Waals surface area contributed by atoms with Crippen molar-refractivity contribution in [3.05, 3.63) is 53.1 Å². The maximum Gasteiger partial charge on any atom is 0.253 e. The first-order valence-corrected chi connectivity index (χ1v) is 8.02. The lowest BCUT2D eigenvalue weighted by Gasteiger charge is -2.23. The molecule has 1 fully saturated rings. The number of carbonyl (C=O) groups is 1. The van der Waals surface area contributed by atoms with Crippen LogP contribution < -0.4 is 10.6 Å². The third kappa shape index (κ3) is 3.79. The van der Waals surface area contributed by atoms with Crippen molar-refractivity contribution in [1.29, 1.82) is 0 Å². The van der Waals surface area contributed by atoms with Crippen LogP contribution in [0.4, 0.5) is 4.39 Å². The minimum absolute atomic E-state index is 0. The first-order valence-electron chi connectivity index (χ1n) is 8.02. The van der Waals surface area contributed by atoms with E-state index in [1.165, 1.54) is 12.1 Å². The smallest absolute Gasteiger partial charge is 0.253 e. The van der Waals surface area contributed by atoms with Crippen LogP contribution in [-0.2, 0) is 0 Å².